The second-order valence-corrected chi connectivity index (χ2v) is 3.91. The first-order valence-corrected chi connectivity index (χ1v) is 5.23. The highest BCUT2D eigenvalue weighted by molar-refractivity contribution is 5.89. The first kappa shape index (κ1) is 17.6. The topological polar surface area (TPSA) is 84.2 Å². The molecule has 2 atom stereocenters. The van der Waals surface area contributed by atoms with Crippen molar-refractivity contribution in [2.24, 2.45) is 11.7 Å². The van der Waals surface area contributed by atoms with Crippen LogP contribution >= 0.6 is 12.4 Å². The van der Waals surface area contributed by atoms with Gasteiger partial charge in [0.2, 0.25) is 11.8 Å². The van der Waals surface area contributed by atoms with Crippen LogP contribution in [-0.4, -0.2) is 30.4 Å². The predicted molar refractivity (Wildman–Crippen MR) is 66.3 cm³/mol. The molecule has 0 aliphatic rings. The largest absolute Gasteiger partial charge is 0.355 e. The van der Waals surface area contributed by atoms with E-state index >= 15 is 0 Å². The van der Waals surface area contributed by atoms with Crippen LogP contribution in [0.5, 0.6) is 0 Å². The third kappa shape index (κ3) is 5.92. The van der Waals surface area contributed by atoms with Gasteiger partial charge in [0.25, 0.3) is 0 Å². The average molecular weight is 252 g/mol. The van der Waals surface area contributed by atoms with Gasteiger partial charge in [0, 0.05) is 6.54 Å². The van der Waals surface area contributed by atoms with Crippen LogP contribution in [0.3, 0.4) is 0 Å². The fourth-order valence-corrected chi connectivity index (χ4v) is 1.10. The predicted octanol–water partition coefficient (Wildman–Crippen LogP) is 0.0323. The third-order valence-electron chi connectivity index (χ3n) is 2.01. The Kier molecular flexibility index (Phi) is 9.18. The van der Waals surface area contributed by atoms with Gasteiger partial charge in [-0.05, 0) is 19.8 Å². The van der Waals surface area contributed by atoms with Crippen molar-refractivity contribution in [1.29, 1.82) is 0 Å². The third-order valence-corrected chi connectivity index (χ3v) is 2.01. The molecule has 0 rings (SSSR count). The Bertz CT molecular complexity index is 232. The summed E-state index contributed by atoms with van der Waals surface area (Å²) in [6.45, 7) is 7.73. The molecule has 0 aliphatic heterocycles. The van der Waals surface area contributed by atoms with E-state index in [1.165, 1.54) is 0 Å². The van der Waals surface area contributed by atoms with Gasteiger partial charge in [-0.25, -0.2) is 0 Å². The first-order chi connectivity index (χ1) is 6.90. The first-order valence-electron chi connectivity index (χ1n) is 5.23. The lowest BCUT2D eigenvalue weighted by atomic mass is 10.0. The Morgan fingerprint density at radius 1 is 1.19 bits per heavy atom. The number of amides is 2. The molecule has 0 radical (unpaired) electrons. The number of rotatable bonds is 5. The molecule has 0 fully saturated rings. The van der Waals surface area contributed by atoms with Crippen LogP contribution in [0.4, 0.5) is 0 Å². The number of nitrogens with one attached hydrogen (secondary N) is 2. The van der Waals surface area contributed by atoms with Crippen LogP contribution in [0.1, 0.15) is 27.7 Å². The minimum absolute atomic E-state index is 0. The summed E-state index contributed by atoms with van der Waals surface area (Å²) in [6, 6.07) is -1.11. The van der Waals surface area contributed by atoms with E-state index < -0.39 is 12.1 Å². The van der Waals surface area contributed by atoms with E-state index in [1.807, 2.05) is 20.8 Å². The van der Waals surface area contributed by atoms with Crippen molar-refractivity contribution in [3.63, 3.8) is 0 Å². The summed E-state index contributed by atoms with van der Waals surface area (Å²) < 4.78 is 0. The number of carbonyl (C=O) groups is 2. The van der Waals surface area contributed by atoms with Gasteiger partial charge in [-0.15, -0.1) is 12.4 Å². The van der Waals surface area contributed by atoms with E-state index in [4.69, 9.17) is 5.73 Å². The molecule has 0 aliphatic carbocycles. The van der Waals surface area contributed by atoms with Crippen molar-refractivity contribution in [2.45, 2.75) is 39.8 Å². The van der Waals surface area contributed by atoms with Crippen molar-refractivity contribution in [2.75, 3.05) is 6.54 Å². The van der Waals surface area contributed by atoms with Gasteiger partial charge in [-0.2, -0.15) is 0 Å². The van der Waals surface area contributed by atoms with Crippen LogP contribution in [0.25, 0.3) is 0 Å². The molecular weight excluding hydrogens is 230 g/mol. The smallest absolute Gasteiger partial charge is 0.242 e. The maximum absolute atomic E-state index is 11.6. The Labute approximate surface area is 103 Å². The zero-order valence-electron chi connectivity index (χ0n) is 10.2. The number of hydrogen-bond donors (Lipinski definition) is 3. The molecule has 2 amide bonds. The number of halogens is 1. The molecule has 0 saturated heterocycles. The highest BCUT2D eigenvalue weighted by Gasteiger charge is 2.24. The van der Waals surface area contributed by atoms with E-state index in [9.17, 15) is 9.59 Å². The second-order valence-electron chi connectivity index (χ2n) is 3.91. The summed E-state index contributed by atoms with van der Waals surface area (Å²) in [4.78, 5) is 22.9. The summed E-state index contributed by atoms with van der Waals surface area (Å²) in [7, 11) is 0. The molecular formula is C10H22ClN3O2. The van der Waals surface area contributed by atoms with Gasteiger partial charge in [0.05, 0.1) is 6.04 Å². The van der Waals surface area contributed by atoms with Gasteiger partial charge in [-0.3, -0.25) is 9.59 Å². The van der Waals surface area contributed by atoms with Crippen molar-refractivity contribution in [3.8, 4) is 0 Å². The van der Waals surface area contributed by atoms with E-state index in [-0.39, 0.29) is 30.1 Å². The van der Waals surface area contributed by atoms with Crippen molar-refractivity contribution >= 4 is 24.2 Å². The van der Waals surface area contributed by atoms with E-state index in [0.29, 0.717) is 6.54 Å². The number of nitrogens with two attached hydrogens (primary N) is 1. The highest BCUT2D eigenvalue weighted by atomic mass is 35.5. The van der Waals surface area contributed by atoms with Gasteiger partial charge >= 0.3 is 0 Å². The van der Waals surface area contributed by atoms with E-state index in [0.717, 1.165) is 0 Å². The van der Waals surface area contributed by atoms with Crippen LogP contribution < -0.4 is 16.4 Å². The number of carbonyl (C=O) groups excluding carboxylic acids is 2. The Balaban J connectivity index is 0. The fraction of sp³-hybridized carbons (Fsp3) is 0.800. The molecule has 0 aromatic rings. The molecule has 5 nitrogen and oxygen atoms in total. The van der Waals surface area contributed by atoms with Crippen LogP contribution in [0.2, 0.25) is 0 Å². The van der Waals surface area contributed by atoms with E-state index in [2.05, 4.69) is 10.6 Å². The summed E-state index contributed by atoms with van der Waals surface area (Å²) >= 11 is 0. The standard InChI is InChI=1S/C10H21N3O2.ClH/c1-5-12-10(15)8(6(2)3)13-9(14)7(4)11;/h6-8H,5,11H2,1-4H3,(H,12,15)(H,13,14);1H/t7-,8-;/m0./s1. The number of likely N-dealkylation sites (N-methyl/N-ethyl adjacent to an activating group) is 1. The Morgan fingerprint density at radius 2 is 1.69 bits per heavy atom. The molecule has 6 heteroatoms. The SMILES string of the molecule is CCNC(=O)[C@@H](NC(=O)[C@H](C)N)C(C)C.Cl. The fourth-order valence-electron chi connectivity index (χ4n) is 1.10. The van der Waals surface area contributed by atoms with Gasteiger partial charge in [0.15, 0.2) is 0 Å². The van der Waals surface area contributed by atoms with Crippen molar-refractivity contribution in [1.82, 2.24) is 10.6 Å². The lowest BCUT2D eigenvalue weighted by Crippen LogP contribution is -2.53. The second kappa shape index (κ2) is 8.35. The minimum atomic E-state index is -0.597. The highest BCUT2D eigenvalue weighted by Crippen LogP contribution is 2.01. The summed E-state index contributed by atoms with van der Waals surface area (Å²) in [5.41, 5.74) is 5.41. The molecule has 4 N–H and O–H groups in total. The van der Waals surface area contributed by atoms with Crippen molar-refractivity contribution in [3.05, 3.63) is 0 Å². The molecule has 0 spiro atoms. The summed E-state index contributed by atoms with van der Waals surface area (Å²) in [5.74, 6) is -0.430. The lowest BCUT2D eigenvalue weighted by molar-refractivity contribution is -0.130. The van der Waals surface area contributed by atoms with Gasteiger partial charge in [0.1, 0.15) is 6.04 Å². The number of hydrogen-bond acceptors (Lipinski definition) is 3. The van der Waals surface area contributed by atoms with Crippen molar-refractivity contribution < 1.29 is 9.59 Å². The van der Waals surface area contributed by atoms with E-state index in [1.54, 1.807) is 6.92 Å². The maximum atomic E-state index is 11.6. The quantitative estimate of drug-likeness (QED) is 0.645. The maximum Gasteiger partial charge on any atom is 0.242 e. The molecule has 0 aromatic heterocycles. The molecule has 0 saturated carbocycles. The summed E-state index contributed by atoms with van der Waals surface area (Å²) in [5, 5.41) is 5.30. The molecule has 16 heavy (non-hydrogen) atoms. The monoisotopic (exact) mass is 251 g/mol. The molecule has 0 heterocycles. The minimum Gasteiger partial charge on any atom is -0.355 e. The zero-order chi connectivity index (χ0) is 12.0. The molecule has 0 unspecified atom stereocenters. The molecule has 96 valence electrons. The van der Waals surface area contributed by atoms with Gasteiger partial charge in [-0.1, -0.05) is 13.8 Å². The molecule has 0 aromatic carbocycles. The van der Waals surface area contributed by atoms with Crippen LogP contribution in [0, 0.1) is 5.92 Å². The molecule has 0 bridgehead atoms. The zero-order valence-corrected chi connectivity index (χ0v) is 11.1. The van der Waals surface area contributed by atoms with Crippen LogP contribution in [0.15, 0.2) is 0 Å². The summed E-state index contributed by atoms with van der Waals surface area (Å²) in [6.07, 6.45) is 0. The average Bonchev–Trinajstić information content (AvgIpc) is 2.13. The Hall–Kier alpha value is -0.810. The van der Waals surface area contributed by atoms with Crippen LogP contribution in [-0.2, 0) is 9.59 Å². The Morgan fingerprint density at radius 3 is 2.00 bits per heavy atom. The lowest BCUT2D eigenvalue weighted by Gasteiger charge is -2.22. The normalized spacial score (nSPS) is 13.6. The van der Waals surface area contributed by atoms with Gasteiger partial charge < -0.3 is 16.4 Å².